The van der Waals surface area contributed by atoms with Gasteiger partial charge in [0.15, 0.2) is 10.9 Å². The maximum atomic E-state index is 5.54. The Morgan fingerprint density at radius 3 is 2.50 bits per heavy atom. The van der Waals surface area contributed by atoms with Crippen molar-refractivity contribution in [2.45, 2.75) is 40.8 Å². The van der Waals surface area contributed by atoms with Crippen molar-refractivity contribution in [3.63, 3.8) is 0 Å². The summed E-state index contributed by atoms with van der Waals surface area (Å²) in [6.07, 6.45) is 1.95. The molecule has 0 spiro atoms. The molecule has 2 heterocycles. The number of anilines is 2. The minimum absolute atomic E-state index is 0.493. The van der Waals surface area contributed by atoms with Gasteiger partial charge in [0.05, 0.1) is 30.2 Å². The molecule has 0 fully saturated rings. The molecule has 0 atom stereocenters. The van der Waals surface area contributed by atoms with Gasteiger partial charge >= 0.3 is 0 Å². The minimum Gasteiger partial charge on any atom is -0.329 e. The average Bonchev–Trinajstić information content (AvgIpc) is 3.28. The summed E-state index contributed by atoms with van der Waals surface area (Å²) in [5.74, 6) is 0.706. The Bertz CT molecular complexity index is 1250. The summed E-state index contributed by atoms with van der Waals surface area (Å²) in [4.78, 5) is 0. The van der Waals surface area contributed by atoms with Gasteiger partial charge in [0.25, 0.3) is 0 Å². The van der Waals surface area contributed by atoms with Gasteiger partial charge in [-0.15, -0.1) is 0 Å². The van der Waals surface area contributed by atoms with Gasteiger partial charge < -0.3 is 10.6 Å². The van der Waals surface area contributed by atoms with Gasteiger partial charge in [0.1, 0.15) is 0 Å². The maximum Gasteiger partial charge on any atom is 0.176 e. The lowest BCUT2D eigenvalue weighted by atomic mass is 10.1. The molecule has 2 N–H and O–H groups in total. The highest BCUT2D eigenvalue weighted by molar-refractivity contribution is 7.80. The lowest BCUT2D eigenvalue weighted by Crippen LogP contribution is -2.20. The standard InChI is InChI=1S/C25H28N6S/c1-17-8-7-10-21(14-17)15-30-13-12-23(29-30)26-25(32)27-24-19(3)28-31(20(24)4)16-22-11-6-5-9-18(22)2/h5-14H,15-16H2,1-4H3,(H2,26,27,29,32). The molecule has 0 unspecified atom stereocenters. The highest BCUT2D eigenvalue weighted by Gasteiger charge is 2.14. The van der Waals surface area contributed by atoms with Crippen LogP contribution in [-0.2, 0) is 13.1 Å². The van der Waals surface area contributed by atoms with Crippen molar-refractivity contribution in [1.82, 2.24) is 19.6 Å². The zero-order valence-corrected chi connectivity index (χ0v) is 19.7. The van der Waals surface area contributed by atoms with Crippen LogP contribution in [0.25, 0.3) is 0 Å². The van der Waals surface area contributed by atoms with Crippen LogP contribution >= 0.6 is 12.2 Å². The molecule has 0 bridgehead atoms. The van der Waals surface area contributed by atoms with Crippen molar-refractivity contribution >= 4 is 28.8 Å². The molecule has 0 aliphatic rings. The quantitative estimate of drug-likeness (QED) is 0.399. The third-order valence-corrected chi connectivity index (χ3v) is 5.71. The van der Waals surface area contributed by atoms with Crippen molar-refractivity contribution in [3.05, 3.63) is 94.4 Å². The Morgan fingerprint density at radius 2 is 1.72 bits per heavy atom. The minimum atomic E-state index is 0.493. The van der Waals surface area contributed by atoms with E-state index in [0.29, 0.717) is 17.5 Å². The number of nitrogens with one attached hydrogen (secondary N) is 2. The lowest BCUT2D eigenvalue weighted by molar-refractivity contribution is 0.657. The van der Waals surface area contributed by atoms with Crippen molar-refractivity contribution in [1.29, 1.82) is 0 Å². The Labute approximate surface area is 194 Å². The fraction of sp³-hybridized carbons (Fsp3) is 0.240. The fourth-order valence-electron chi connectivity index (χ4n) is 3.76. The van der Waals surface area contributed by atoms with E-state index in [1.807, 2.05) is 28.6 Å². The number of thiocarbonyl (C=S) groups is 1. The van der Waals surface area contributed by atoms with E-state index in [9.17, 15) is 0 Å². The molecule has 0 aliphatic carbocycles. The Balaban J connectivity index is 1.41. The van der Waals surface area contributed by atoms with E-state index < -0.39 is 0 Å². The fourth-order valence-corrected chi connectivity index (χ4v) is 3.96. The number of aromatic nitrogens is 4. The van der Waals surface area contributed by atoms with Crippen molar-refractivity contribution in [2.75, 3.05) is 10.6 Å². The topological polar surface area (TPSA) is 59.7 Å². The third-order valence-electron chi connectivity index (χ3n) is 5.51. The predicted octanol–water partition coefficient (Wildman–Crippen LogP) is 5.22. The molecule has 0 saturated carbocycles. The van der Waals surface area contributed by atoms with Gasteiger partial charge in [-0.05, 0) is 56.6 Å². The van der Waals surface area contributed by atoms with Gasteiger partial charge in [-0.2, -0.15) is 10.2 Å². The van der Waals surface area contributed by atoms with E-state index in [0.717, 1.165) is 23.6 Å². The normalized spacial score (nSPS) is 10.9. The molecule has 0 saturated heterocycles. The Hall–Kier alpha value is -3.45. The molecule has 32 heavy (non-hydrogen) atoms. The summed E-state index contributed by atoms with van der Waals surface area (Å²) < 4.78 is 3.91. The SMILES string of the molecule is Cc1cccc(Cn2ccc(NC(=S)Nc3c(C)nn(Cc4ccccc4C)c3C)n2)c1. The molecule has 4 aromatic rings. The Kier molecular flexibility index (Phi) is 6.37. The highest BCUT2D eigenvalue weighted by atomic mass is 32.1. The monoisotopic (exact) mass is 444 g/mol. The van der Waals surface area contributed by atoms with E-state index in [-0.39, 0.29) is 0 Å². The van der Waals surface area contributed by atoms with Crippen LogP contribution in [0.5, 0.6) is 0 Å². The first-order valence-electron chi connectivity index (χ1n) is 10.6. The first kappa shape index (κ1) is 21.8. The number of benzene rings is 2. The van der Waals surface area contributed by atoms with Crippen molar-refractivity contribution in [3.8, 4) is 0 Å². The molecule has 0 aliphatic heterocycles. The first-order chi connectivity index (χ1) is 15.4. The molecular weight excluding hydrogens is 416 g/mol. The summed E-state index contributed by atoms with van der Waals surface area (Å²) >= 11 is 5.54. The molecule has 7 heteroatoms. The first-order valence-corrected chi connectivity index (χ1v) is 11.1. The van der Waals surface area contributed by atoms with Gasteiger partial charge in [0, 0.05) is 12.3 Å². The number of aryl methyl sites for hydroxylation is 3. The van der Waals surface area contributed by atoms with E-state index >= 15 is 0 Å². The van der Waals surface area contributed by atoms with Crippen LogP contribution in [0.2, 0.25) is 0 Å². The van der Waals surface area contributed by atoms with Crippen molar-refractivity contribution in [2.24, 2.45) is 0 Å². The van der Waals surface area contributed by atoms with Crippen LogP contribution in [0.4, 0.5) is 11.5 Å². The van der Waals surface area contributed by atoms with Crippen LogP contribution in [0.15, 0.2) is 60.8 Å². The van der Waals surface area contributed by atoms with Gasteiger partial charge in [0.2, 0.25) is 0 Å². The molecule has 2 aromatic carbocycles. The smallest absolute Gasteiger partial charge is 0.176 e. The van der Waals surface area contributed by atoms with Gasteiger partial charge in [-0.1, -0.05) is 54.1 Å². The summed E-state index contributed by atoms with van der Waals surface area (Å²) in [7, 11) is 0. The van der Waals surface area contributed by atoms with Crippen LogP contribution < -0.4 is 10.6 Å². The van der Waals surface area contributed by atoms with E-state index in [4.69, 9.17) is 17.3 Å². The van der Waals surface area contributed by atoms with E-state index in [2.05, 4.69) is 85.0 Å². The summed E-state index contributed by atoms with van der Waals surface area (Å²) in [6.45, 7) is 9.70. The molecule has 6 nitrogen and oxygen atoms in total. The predicted molar refractivity (Wildman–Crippen MR) is 134 cm³/mol. The molecule has 4 rings (SSSR count). The molecule has 0 amide bonds. The van der Waals surface area contributed by atoms with Crippen LogP contribution in [0.3, 0.4) is 0 Å². The second kappa shape index (κ2) is 9.36. The average molecular weight is 445 g/mol. The largest absolute Gasteiger partial charge is 0.329 e. The Morgan fingerprint density at radius 1 is 0.906 bits per heavy atom. The number of hydrogen-bond acceptors (Lipinski definition) is 3. The molecule has 164 valence electrons. The van der Waals surface area contributed by atoms with Crippen LogP contribution in [0.1, 0.15) is 33.6 Å². The number of hydrogen-bond donors (Lipinski definition) is 2. The van der Waals surface area contributed by atoms with Gasteiger partial charge in [-0.3, -0.25) is 9.36 Å². The van der Waals surface area contributed by atoms with Crippen LogP contribution in [-0.4, -0.2) is 24.7 Å². The van der Waals surface area contributed by atoms with Crippen LogP contribution in [0, 0.1) is 27.7 Å². The number of rotatable bonds is 6. The number of nitrogens with zero attached hydrogens (tertiary/aromatic N) is 4. The molecule has 0 radical (unpaired) electrons. The third kappa shape index (κ3) is 5.06. The second-order valence-corrected chi connectivity index (χ2v) is 8.50. The highest BCUT2D eigenvalue weighted by Crippen LogP contribution is 2.21. The lowest BCUT2D eigenvalue weighted by Gasteiger charge is -2.10. The van der Waals surface area contributed by atoms with E-state index in [1.165, 1.54) is 22.3 Å². The zero-order valence-electron chi connectivity index (χ0n) is 18.9. The van der Waals surface area contributed by atoms with E-state index in [1.54, 1.807) is 0 Å². The summed E-state index contributed by atoms with van der Waals surface area (Å²) in [5.41, 5.74) is 7.85. The molecule has 2 aromatic heterocycles. The zero-order chi connectivity index (χ0) is 22.7. The maximum absolute atomic E-state index is 5.54. The molecular formula is C25H28N6S. The second-order valence-electron chi connectivity index (χ2n) is 8.10. The summed E-state index contributed by atoms with van der Waals surface area (Å²) in [5, 5.41) is 16.3. The van der Waals surface area contributed by atoms with Crippen molar-refractivity contribution < 1.29 is 0 Å². The summed E-state index contributed by atoms with van der Waals surface area (Å²) in [6, 6.07) is 18.7. The van der Waals surface area contributed by atoms with Gasteiger partial charge in [-0.25, -0.2) is 0 Å².